The number of nitrogens with zero attached hydrogens (tertiary/aromatic N) is 2. The van der Waals surface area contributed by atoms with E-state index in [9.17, 15) is 4.79 Å². The fourth-order valence-corrected chi connectivity index (χ4v) is 3.03. The van der Waals surface area contributed by atoms with Crippen LogP contribution in [0.4, 0.5) is 10.5 Å². The molecule has 3 rings (SSSR count). The van der Waals surface area contributed by atoms with Crippen molar-refractivity contribution in [2.75, 3.05) is 32.5 Å². The zero-order valence-electron chi connectivity index (χ0n) is 14.8. The third-order valence-electron chi connectivity index (χ3n) is 4.60. The number of carbonyl (C=O) groups excluding carboxylic acids is 1. The number of ether oxygens (including phenoxy) is 1. The normalized spacial score (nSPS) is 17.3. The highest BCUT2D eigenvalue weighted by molar-refractivity contribution is 5.91. The average molecular weight is 339 g/mol. The van der Waals surface area contributed by atoms with Crippen molar-refractivity contribution in [2.24, 2.45) is 0 Å². The molecule has 1 N–H and O–H groups in total. The number of rotatable bonds is 5. The summed E-state index contributed by atoms with van der Waals surface area (Å²) in [5, 5.41) is 2.98. The summed E-state index contributed by atoms with van der Waals surface area (Å²) >= 11 is 0. The first-order valence-corrected chi connectivity index (χ1v) is 8.61. The lowest BCUT2D eigenvalue weighted by molar-refractivity contribution is 0.204. The van der Waals surface area contributed by atoms with Crippen LogP contribution in [-0.2, 0) is 6.61 Å². The zero-order chi connectivity index (χ0) is 17.6. The summed E-state index contributed by atoms with van der Waals surface area (Å²) in [4.78, 5) is 16.6. The fraction of sp³-hybridized carbons (Fsp3) is 0.350. The van der Waals surface area contributed by atoms with E-state index in [0.717, 1.165) is 25.1 Å². The van der Waals surface area contributed by atoms with Gasteiger partial charge >= 0.3 is 6.03 Å². The predicted octanol–water partition coefficient (Wildman–Crippen LogP) is 3.43. The van der Waals surface area contributed by atoms with E-state index in [1.54, 1.807) is 4.90 Å². The number of nitrogens with one attached hydrogen (secondary N) is 1. The average Bonchev–Trinajstić information content (AvgIpc) is 3.07. The number of carbonyl (C=O) groups is 1. The molecule has 1 aliphatic rings. The van der Waals surface area contributed by atoms with Crippen molar-refractivity contribution >= 4 is 11.7 Å². The molecule has 25 heavy (non-hydrogen) atoms. The molecule has 1 fully saturated rings. The highest BCUT2D eigenvalue weighted by Gasteiger charge is 2.26. The molecule has 2 aromatic carbocycles. The SMILES string of the molecule is CN1CCC(N(C)C(=O)Nc2ccccc2OCc2ccccc2)C1. The minimum Gasteiger partial charge on any atom is -0.487 e. The van der Waals surface area contributed by atoms with Crippen LogP contribution in [0.3, 0.4) is 0 Å². The first kappa shape index (κ1) is 17.3. The van der Waals surface area contributed by atoms with Crippen LogP contribution in [0.15, 0.2) is 54.6 Å². The Labute approximate surface area is 149 Å². The second-order valence-electron chi connectivity index (χ2n) is 6.52. The van der Waals surface area contributed by atoms with E-state index in [-0.39, 0.29) is 12.1 Å². The summed E-state index contributed by atoms with van der Waals surface area (Å²) in [5.41, 5.74) is 1.79. The van der Waals surface area contributed by atoms with Gasteiger partial charge in [-0.2, -0.15) is 0 Å². The standard InChI is InChI=1S/C20H25N3O2/c1-22-13-12-17(14-22)23(2)20(24)21-18-10-6-7-11-19(18)25-15-16-8-4-3-5-9-16/h3-11,17H,12-15H2,1-2H3,(H,21,24). The van der Waals surface area contributed by atoms with Gasteiger partial charge < -0.3 is 19.9 Å². The Bertz CT molecular complexity index is 705. The van der Waals surface area contributed by atoms with Crippen LogP contribution in [-0.4, -0.2) is 49.1 Å². The van der Waals surface area contributed by atoms with E-state index in [2.05, 4.69) is 17.3 Å². The molecule has 1 heterocycles. The second kappa shape index (κ2) is 8.03. The van der Waals surface area contributed by atoms with E-state index in [1.807, 2.05) is 61.6 Å². The minimum atomic E-state index is -0.101. The van der Waals surface area contributed by atoms with Gasteiger partial charge in [0.2, 0.25) is 0 Å². The number of para-hydroxylation sites is 2. The number of benzene rings is 2. The summed E-state index contributed by atoms with van der Waals surface area (Å²) in [5.74, 6) is 0.677. The van der Waals surface area contributed by atoms with Gasteiger partial charge in [0, 0.05) is 19.6 Å². The van der Waals surface area contributed by atoms with Crippen molar-refractivity contribution in [2.45, 2.75) is 19.1 Å². The van der Waals surface area contributed by atoms with Gasteiger partial charge in [0.15, 0.2) is 0 Å². The first-order valence-electron chi connectivity index (χ1n) is 8.61. The van der Waals surface area contributed by atoms with Gasteiger partial charge in [-0.15, -0.1) is 0 Å². The number of urea groups is 1. The summed E-state index contributed by atoms with van der Waals surface area (Å²) in [6.45, 7) is 2.41. The van der Waals surface area contributed by atoms with Crippen LogP contribution in [0, 0.1) is 0 Å². The Morgan fingerprint density at radius 3 is 2.64 bits per heavy atom. The number of anilines is 1. The largest absolute Gasteiger partial charge is 0.487 e. The number of amides is 2. The smallest absolute Gasteiger partial charge is 0.321 e. The third kappa shape index (κ3) is 4.51. The van der Waals surface area contributed by atoms with Crippen molar-refractivity contribution < 1.29 is 9.53 Å². The zero-order valence-corrected chi connectivity index (χ0v) is 14.8. The Kier molecular flexibility index (Phi) is 5.56. The highest BCUT2D eigenvalue weighted by atomic mass is 16.5. The number of hydrogen-bond donors (Lipinski definition) is 1. The summed E-state index contributed by atoms with van der Waals surface area (Å²) in [6.07, 6.45) is 1.01. The van der Waals surface area contributed by atoms with Crippen LogP contribution in [0.1, 0.15) is 12.0 Å². The maximum atomic E-state index is 12.6. The minimum absolute atomic E-state index is 0.101. The lowest BCUT2D eigenvalue weighted by Crippen LogP contribution is -2.41. The monoisotopic (exact) mass is 339 g/mol. The van der Waals surface area contributed by atoms with Crippen molar-refractivity contribution in [3.63, 3.8) is 0 Å². The lowest BCUT2D eigenvalue weighted by atomic mass is 10.2. The Morgan fingerprint density at radius 1 is 1.20 bits per heavy atom. The second-order valence-corrected chi connectivity index (χ2v) is 6.52. The molecule has 2 aromatic rings. The molecular formula is C20H25N3O2. The molecule has 0 aliphatic carbocycles. The molecule has 132 valence electrons. The maximum absolute atomic E-state index is 12.6. The predicted molar refractivity (Wildman–Crippen MR) is 99.9 cm³/mol. The molecule has 2 amide bonds. The van der Waals surface area contributed by atoms with Crippen LogP contribution in [0.25, 0.3) is 0 Å². The number of hydrogen-bond acceptors (Lipinski definition) is 3. The molecule has 1 aliphatic heterocycles. The van der Waals surface area contributed by atoms with E-state index >= 15 is 0 Å². The Morgan fingerprint density at radius 2 is 1.92 bits per heavy atom. The van der Waals surface area contributed by atoms with Gasteiger partial charge in [-0.1, -0.05) is 42.5 Å². The van der Waals surface area contributed by atoms with Gasteiger partial charge in [0.25, 0.3) is 0 Å². The maximum Gasteiger partial charge on any atom is 0.321 e. The molecule has 0 radical (unpaired) electrons. The Balaban J connectivity index is 1.63. The lowest BCUT2D eigenvalue weighted by Gasteiger charge is -2.25. The number of likely N-dealkylation sites (tertiary alicyclic amines) is 1. The highest BCUT2D eigenvalue weighted by Crippen LogP contribution is 2.25. The molecule has 0 saturated carbocycles. The van der Waals surface area contributed by atoms with E-state index in [1.165, 1.54) is 0 Å². The first-order chi connectivity index (χ1) is 12.1. The number of likely N-dealkylation sites (N-methyl/N-ethyl adjacent to an activating group) is 2. The molecule has 1 saturated heterocycles. The summed E-state index contributed by atoms with van der Waals surface area (Å²) in [7, 11) is 3.94. The van der Waals surface area contributed by atoms with Gasteiger partial charge in [0.1, 0.15) is 12.4 Å². The van der Waals surface area contributed by atoms with Crippen molar-refractivity contribution in [1.29, 1.82) is 0 Å². The topological polar surface area (TPSA) is 44.8 Å². The molecule has 0 aromatic heterocycles. The molecular weight excluding hydrogens is 314 g/mol. The van der Waals surface area contributed by atoms with Gasteiger partial charge in [-0.05, 0) is 37.7 Å². The van der Waals surface area contributed by atoms with E-state index < -0.39 is 0 Å². The quantitative estimate of drug-likeness (QED) is 0.908. The van der Waals surface area contributed by atoms with Crippen LogP contribution in [0.5, 0.6) is 5.75 Å². The summed E-state index contributed by atoms with van der Waals surface area (Å²) in [6, 6.07) is 17.7. The van der Waals surface area contributed by atoms with Crippen molar-refractivity contribution in [1.82, 2.24) is 9.80 Å². The molecule has 0 spiro atoms. The van der Waals surface area contributed by atoms with Gasteiger partial charge in [-0.25, -0.2) is 4.79 Å². The van der Waals surface area contributed by atoms with Crippen LogP contribution < -0.4 is 10.1 Å². The van der Waals surface area contributed by atoms with E-state index in [4.69, 9.17) is 4.74 Å². The van der Waals surface area contributed by atoms with Crippen LogP contribution >= 0.6 is 0 Å². The van der Waals surface area contributed by atoms with Crippen LogP contribution in [0.2, 0.25) is 0 Å². The molecule has 1 unspecified atom stereocenters. The fourth-order valence-electron chi connectivity index (χ4n) is 3.03. The summed E-state index contributed by atoms with van der Waals surface area (Å²) < 4.78 is 5.90. The Hall–Kier alpha value is -2.53. The van der Waals surface area contributed by atoms with Crippen molar-refractivity contribution in [3.05, 3.63) is 60.2 Å². The third-order valence-corrected chi connectivity index (χ3v) is 4.60. The molecule has 1 atom stereocenters. The van der Waals surface area contributed by atoms with Gasteiger partial charge in [-0.3, -0.25) is 0 Å². The molecule has 5 heteroatoms. The van der Waals surface area contributed by atoms with Gasteiger partial charge in [0.05, 0.1) is 5.69 Å². The molecule has 5 nitrogen and oxygen atoms in total. The van der Waals surface area contributed by atoms with E-state index in [0.29, 0.717) is 18.0 Å². The molecule has 0 bridgehead atoms. The van der Waals surface area contributed by atoms with Crippen molar-refractivity contribution in [3.8, 4) is 5.75 Å².